The smallest absolute Gasteiger partial charge is 0.230 e. The van der Waals surface area contributed by atoms with Gasteiger partial charge in [-0.2, -0.15) is 0 Å². The molecule has 0 amide bonds. The number of benzene rings is 3. The summed E-state index contributed by atoms with van der Waals surface area (Å²) in [6.45, 7) is 2.95. The monoisotopic (exact) mass is 417 g/mol. The first-order chi connectivity index (χ1) is 14.9. The highest BCUT2D eigenvalue weighted by atomic mass is 16.5. The van der Waals surface area contributed by atoms with E-state index in [1.165, 1.54) is 27.2 Å². The van der Waals surface area contributed by atoms with Crippen LogP contribution in [0.1, 0.15) is 30.0 Å². The predicted octanol–water partition coefficient (Wildman–Crippen LogP) is 3.89. The van der Waals surface area contributed by atoms with Crippen molar-refractivity contribution in [2.24, 2.45) is 11.5 Å². The Labute approximate surface area is 184 Å². The molecule has 3 aromatic carbocycles. The number of hydrogen-bond acceptors (Lipinski definition) is 5. The van der Waals surface area contributed by atoms with Gasteiger partial charge in [-0.1, -0.05) is 79.7 Å². The van der Waals surface area contributed by atoms with E-state index in [0.29, 0.717) is 13.2 Å². The zero-order valence-corrected chi connectivity index (χ0v) is 18.2. The van der Waals surface area contributed by atoms with Crippen LogP contribution in [-0.2, 0) is 0 Å². The summed E-state index contributed by atoms with van der Waals surface area (Å²) in [5.41, 5.74) is 17.0. The lowest BCUT2D eigenvalue weighted by atomic mass is 9.88. The molecular weight excluding hydrogens is 386 g/mol. The lowest BCUT2D eigenvalue weighted by Gasteiger charge is -2.28. The van der Waals surface area contributed by atoms with Crippen molar-refractivity contribution in [1.29, 1.82) is 0 Å². The van der Waals surface area contributed by atoms with Crippen molar-refractivity contribution in [3.63, 3.8) is 0 Å². The molecular formula is C26H31N3O2. The van der Waals surface area contributed by atoms with Crippen LogP contribution in [0.2, 0.25) is 0 Å². The fourth-order valence-corrected chi connectivity index (χ4v) is 3.48. The molecule has 3 aromatic rings. The summed E-state index contributed by atoms with van der Waals surface area (Å²) in [4.78, 5) is 1.42. The van der Waals surface area contributed by atoms with Crippen LogP contribution in [0.15, 0.2) is 84.9 Å². The third kappa shape index (κ3) is 6.03. The number of nitrogens with two attached hydrogens (primary N) is 2. The van der Waals surface area contributed by atoms with Crippen LogP contribution in [0.5, 0.6) is 5.75 Å². The first-order valence-corrected chi connectivity index (χ1v) is 10.5. The Balaban J connectivity index is 1.88. The van der Waals surface area contributed by atoms with Crippen molar-refractivity contribution in [3.8, 4) is 5.75 Å². The van der Waals surface area contributed by atoms with Gasteiger partial charge in [0.15, 0.2) is 0 Å². The van der Waals surface area contributed by atoms with Crippen LogP contribution in [0.4, 0.5) is 0 Å². The van der Waals surface area contributed by atoms with Gasteiger partial charge in [-0.15, -0.1) is 0 Å². The van der Waals surface area contributed by atoms with Gasteiger partial charge in [-0.05, 0) is 53.4 Å². The molecule has 0 unspecified atom stereocenters. The lowest BCUT2D eigenvalue weighted by Crippen LogP contribution is -2.62. The molecule has 162 valence electrons. The Kier molecular flexibility index (Phi) is 7.60. The molecule has 0 radical (unpaired) electrons. The molecule has 0 aliphatic rings. The highest BCUT2D eigenvalue weighted by Gasteiger charge is 2.20. The molecule has 31 heavy (non-hydrogen) atoms. The fraction of sp³-hybridized carbons (Fsp3) is 0.231. The molecule has 0 aliphatic carbocycles. The lowest BCUT2D eigenvalue weighted by molar-refractivity contribution is -0.0885. The number of nitrogens with zero attached hydrogens (tertiary/aromatic N) is 1. The first-order valence-electron chi connectivity index (χ1n) is 10.5. The predicted molar refractivity (Wildman–Crippen MR) is 127 cm³/mol. The van der Waals surface area contributed by atoms with E-state index in [0.717, 1.165) is 17.7 Å². The van der Waals surface area contributed by atoms with Gasteiger partial charge >= 0.3 is 0 Å². The quantitative estimate of drug-likeness (QED) is 0.363. The van der Waals surface area contributed by atoms with E-state index in [1.54, 1.807) is 7.05 Å². The summed E-state index contributed by atoms with van der Waals surface area (Å²) >= 11 is 0. The Bertz CT molecular complexity index is 979. The maximum Gasteiger partial charge on any atom is 0.230 e. The SMILES string of the molecule is CC/C(=C(\c1ccccc1)c1ccc(OCCN(C)C(N)(N)O)cc1)c1ccccc1. The molecule has 0 aliphatic heterocycles. The van der Waals surface area contributed by atoms with Crippen molar-refractivity contribution < 1.29 is 9.84 Å². The third-order valence-electron chi connectivity index (χ3n) is 5.29. The first kappa shape index (κ1) is 22.7. The summed E-state index contributed by atoms with van der Waals surface area (Å²) < 4.78 is 5.80. The van der Waals surface area contributed by atoms with E-state index in [-0.39, 0.29) is 0 Å². The average molecular weight is 418 g/mol. The molecule has 5 N–H and O–H groups in total. The molecule has 5 nitrogen and oxygen atoms in total. The standard InChI is InChI=1S/C26H31N3O2/c1-3-24(20-10-6-4-7-11-20)25(21-12-8-5-9-13-21)22-14-16-23(17-15-22)31-19-18-29(2)26(27,28)30/h4-17,30H,3,18-19,27-28H2,1-2H3/b25-24-. The summed E-state index contributed by atoms with van der Waals surface area (Å²) in [5, 5.41) is 9.58. The second-order valence-corrected chi connectivity index (χ2v) is 7.52. The Morgan fingerprint density at radius 1 is 0.839 bits per heavy atom. The second kappa shape index (κ2) is 10.4. The number of aliphatic hydroxyl groups is 1. The highest BCUT2D eigenvalue weighted by molar-refractivity contribution is 5.98. The number of allylic oxidation sites excluding steroid dienone is 1. The molecule has 5 heteroatoms. The van der Waals surface area contributed by atoms with Gasteiger partial charge < -0.3 is 9.84 Å². The molecule has 0 spiro atoms. The largest absolute Gasteiger partial charge is 0.492 e. The third-order valence-corrected chi connectivity index (χ3v) is 5.29. The van der Waals surface area contributed by atoms with E-state index in [4.69, 9.17) is 16.2 Å². The summed E-state index contributed by atoms with van der Waals surface area (Å²) in [6.07, 6.45) is 0.917. The number of ether oxygens (including phenoxy) is 1. The van der Waals surface area contributed by atoms with Crippen molar-refractivity contribution in [1.82, 2.24) is 4.90 Å². The Hall–Kier alpha value is -2.96. The molecule has 0 atom stereocenters. The van der Waals surface area contributed by atoms with Gasteiger partial charge in [-0.3, -0.25) is 11.5 Å². The minimum atomic E-state index is -1.85. The molecule has 0 fully saturated rings. The van der Waals surface area contributed by atoms with Gasteiger partial charge in [0.2, 0.25) is 5.97 Å². The normalized spacial score (nSPS) is 12.6. The fourth-order valence-electron chi connectivity index (χ4n) is 3.48. The van der Waals surface area contributed by atoms with Crippen LogP contribution in [0.25, 0.3) is 11.1 Å². The maximum atomic E-state index is 9.58. The van der Waals surface area contributed by atoms with Crippen molar-refractivity contribution in [2.45, 2.75) is 19.3 Å². The van der Waals surface area contributed by atoms with Crippen LogP contribution in [0, 0.1) is 0 Å². The minimum absolute atomic E-state index is 0.359. The Morgan fingerprint density at radius 2 is 1.35 bits per heavy atom. The molecule has 0 bridgehead atoms. The van der Waals surface area contributed by atoms with E-state index < -0.39 is 5.97 Å². The Morgan fingerprint density at radius 3 is 1.87 bits per heavy atom. The van der Waals surface area contributed by atoms with Crippen molar-refractivity contribution >= 4 is 11.1 Å². The van der Waals surface area contributed by atoms with E-state index >= 15 is 0 Å². The van der Waals surface area contributed by atoms with Gasteiger partial charge in [0.05, 0.1) is 0 Å². The molecule has 0 saturated carbocycles. The van der Waals surface area contributed by atoms with Crippen LogP contribution < -0.4 is 16.2 Å². The topological polar surface area (TPSA) is 84.7 Å². The molecule has 3 rings (SSSR count). The van der Waals surface area contributed by atoms with Crippen LogP contribution >= 0.6 is 0 Å². The van der Waals surface area contributed by atoms with E-state index in [1.807, 2.05) is 24.3 Å². The zero-order valence-electron chi connectivity index (χ0n) is 18.2. The van der Waals surface area contributed by atoms with Gasteiger partial charge in [0.1, 0.15) is 12.4 Å². The highest BCUT2D eigenvalue weighted by Crippen LogP contribution is 2.34. The van der Waals surface area contributed by atoms with Crippen LogP contribution in [-0.4, -0.2) is 36.2 Å². The second-order valence-electron chi connectivity index (χ2n) is 7.52. The van der Waals surface area contributed by atoms with E-state index in [9.17, 15) is 5.11 Å². The summed E-state index contributed by atoms with van der Waals surface area (Å²) in [7, 11) is 1.64. The minimum Gasteiger partial charge on any atom is -0.492 e. The van der Waals surface area contributed by atoms with Crippen LogP contribution in [0.3, 0.4) is 0 Å². The molecule has 0 aromatic heterocycles. The average Bonchev–Trinajstić information content (AvgIpc) is 2.78. The van der Waals surface area contributed by atoms with E-state index in [2.05, 4.69) is 67.6 Å². The van der Waals surface area contributed by atoms with Crippen molar-refractivity contribution in [3.05, 3.63) is 102 Å². The maximum absolute atomic E-state index is 9.58. The number of likely N-dealkylation sites (N-methyl/N-ethyl adjacent to an activating group) is 1. The molecule has 0 saturated heterocycles. The van der Waals surface area contributed by atoms with Crippen molar-refractivity contribution in [2.75, 3.05) is 20.2 Å². The van der Waals surface area contributed by atoms with Gasteiger partial charge in [-0.25, -0.2) is 4.90 Å². The zero-order chi connectivity index (χ0) is 22.3. The summed E-state index contributed by atoms with van der Waals surface area (Å²) in [6, 6.07) is 29.1. The number of rotatable bonds is 9. The number of hydrogen-bond donors (Lipinski definition) is 3. The van der Waals surface area contributed by atoms with Gasteiger partial charge in [0.25, 0.3) is 0 Å². The van der Waals surface area contributed by atoms with Gasteiger partial charge in [0, 0.05) is 6.54 Å². The molecule has 0 heterocycles. The summed E-state index contributed by atoms with van der Waals surface area (Å²) in [5.74, 6) is -1.10.